The first-order chi connectivity index (χ1) is 12.3. The van der Waals surface area contributed by atoms with E-state index in [9.17, 15) is 0 Å². The molecule has 0 bridgehead atoms. The standard InChI is InChI=1S/C20H21ClN4/c21-18-6-2-1-5-17(18)20-12-19(23-24-20)16-7-10-25(11-8-16)14-15-4-3-9-22-13-15/h1-6,9,12-13,16H,7-8,10-11,14H2,(H,23,24). The predicted molar refractivity (Wildman–Crippen MR) is 101 cm³/mol. The zero-order valence-corrected chi connectivity index (χ0v) is 14.8. The monoisotopic (exact) mass is 352 g/mol. The summed E-state index contributed by atoms with van der Waals surface area (Å²) in [4.78, 5) is 6.70. The second-order valence-corrected chi connectivity index (χ2v) is 7.01. The highest BCUT2D eigenvalue weighted by molar-refractivity contribution is 6.33. The molecule has 0 aliphatic carbocycles. The summed E-state index contributed by atoms with van der Waals surface area (Å²) in [5.41, 5.74) is 4.42. The molecule has 5 heteroatoms. The van der Waals surface area contributed by atoms with Gasteiger partial charge in [-0.05, 0) is 49.7 Å². The second kappa shape index (κ2) is 7.38. The molecule has 1 fully saturated rings. The number of benzene rings is 1. The van der Waals surface area contributed by atoms with Gasteiger partial charge in [-0.1, -0.05) is 35.9 Å². The average Bonchev–Trinajstić information content (AvgIpc) is 3.13. The number of hydrogen-bond donors (Lipinski definition) is 1. The molecule has 0 spiro atoms. The fourth-order valence-corrected chi connectivity index (χ4v) is 3.74. The van der Waals surface area contributed by atoms with Gasteiger partial charge in [0.15, 0.2) is 0 Å². The number of aromatic amines is 1. The first-order valence-electron chi connectivity index (χ1n) is 8.71. The SMILES string of the molecule is Clc1ccccc1-c1cc(C2CCN(Cc3cccnc3)CC2)[nH]n1. The highest BCUT2D eigenvalue weighted by Crippen LogP contribution is 2.32. The van der Waals surface area contributed by atoms with E-state index >= 15 is 0 Å². The number of hydrogen-bond acceptors (Lipinski definition) is 3. The van der Waals surface area contributed by atoms with Crippen LogP contribution in [0.15, 0.2) is 54.9 Å². The average molecular weight is 353 g/mol. The van der Waals surface area contributed by atoms with Crippen LogP contribution >= 0.6 is 11.6 Å². The normalized spacial score (nSPS) is 16.2. The molecule has 0 atom stereocenters. The lowest BCUT2D eigenvalue weighted by Gasteiger charge is -2.31. The van der Waals surface area contributed by atoms with E-state index in [1.165, 1.54) is 11.3 Å². The lowest BCUT2D eigenvalue weighted by Crippen LogP contribution is -2.32. The zero-order valence-electron chi connectivity index (χ0n) is 14.0. The third-order valence-corrected chi connectivity index (χ3v) is 5.23. The van der Waals surface area contributed by atoms with Crippen LogP contribution in [-0.2, 0) is 6.54 Å². The molecule has 1 aliphatic rings. The quantitative estimate of drug-likeness (QED) is 0.751. The van der Waals surface area contributed by atoms with Crippen LogP contribution in [0.3, 0.4) is 0 Å². The van der Waals surface area contributed by atoms with Gasteiger partial charge >= 0.3 is 0 Å². The van der Waals surface area contributed by atoms with Crippen molar-refractivity contribution in [3.63, 3.8) is 0 Å². The van der Waals surface area contributed by atoms with E-state index in [2.05, 4.69) is 32.2 Å². The number of nitrogens with zero attached hydrogens (tertiary/aromatic N) is 3. The molecular formula is C20H21ClN4. The van der Waals surface area contributed by atoms with Gasteiger partial charge in [-0.25, -0.2) is 0 Å². The minimum Gasteiger partial charge on any atom is -0.299 e. The Morgan fingerprint density at radius 3 is 2.72 bits per heavy atom. The lowest BCUT2D eigenvalue weighted by molar-refractivity contribution is 0.203. The molecule has 1 N–H and O–H groups in total. The smallest absolute Gasteiger partial charge is 0.0938 e. The first kappa shape index (κ1) is 16.3. The van der Waals surface area contributed by atoms with Gasteiger partial charge in [0.2, 0.25) is 0 Å². The van der Waals surface area contributed by atoms with E-state index in [-0.39, 0.29) is 0 Å². The van der Waals surface area contributed by atoms with E-state index < -0.39 is 0 Å². The molecule has 1 saturated heterocycles. The van der Waals surface area contributed by atoms with Crippen LogP contribution in [0.1, 0.15) is 30.0 Å². The van der Waals surface area contributed by atoms with Gasteiger partial charge in [0.05, 0.1) is 10.7 Å². The van der Waals surface area contributed by atoms with Crippen LogP contribution in [-0.4, -0.2) is 33.2 Å². The Hall–Kier alpha value is -2.17. The van der Waals surface area contributed by atoms with Crippen LogP contribution < -0.4 is 0 Å². The molecule has 4 rings (SSSR count). The third-order valence-electron chi connectivity index (χ3n) is 4.90. The molecule has 0 radical (unpaired) electrons. The summed E-state index contributed by atoms with van der Waals surface area (Å²) in [5, 5.41) is 8.45. The summed E-state index contributed by atoms with van der Waals surface area (Å²) in [6.07, 6.45) is 6.07. The minimum absolute atomic E-state index is 0.536. The molecular weight excluding hydrogens is 332 g/mol. The molecule has 0 amide bonds. The molecule has 25 heavy (non-hydrogen) atoms. The second-order valence-electron chi connectivity index (χ2n) is 6.60. The number of rotatable bonds is 4. The van der Waals surface area contributed by atoms with Gasteiger partial charge in [-0.3, -0.25) is 15.0 Å². The Morgan fingerprint density at radius 2 is 1.96 bits per heavy atom. The van der Waals surface area contributed by atoms with Crippen molar-refractivity contribution in [2.45, 2.75) is 25.3 Å². The summed E-state index contributed by atoms with van der Waals surface area (Å²) in [5.74, 6) is 0.536. The number of pyridine rings is 1. The van der Waals surface area contributed by atoms with Gasteiger partial charge in [0.25, 0.3) is 0 Å². The minimum atomic E-state index is 0.536. The fourth-order valence-electron chi connectivity index (χ4n) is 3.50. The predicted octanol–water partition coefficient (Wildman–Crippen LogP) is 4.50. The Balaban J connectivity index is 1.39. The molecule has 2 aromatic heterocycles. The maximum Gasteiger partial charge on any atom is 0.0938 e. The van der Waals surface area contributed by atoms with Crippen molar-refractivity contribution in [1.82, 2.24) is 20.1 Å². The largest absolute Gasteiger partial charge is 0.299 e. The van der Waals surface area contributed by atoms with Gasteiger partial charge in [0.1, 0.15) is 0 Å². The molecule has 0 saturated carbocycles. The van der Waals surface area contributed by atoms with Crippen molar-refractivity contribution < 1.29 is 0 Å². The van der Waals surface area contributed by atoms with Crippen LogP contribution in [0.25, 0.3) is 11.3 Å². The maximum absolute atomic E-state index is 6.28. The zero-order chi connectivity index (χ0) is 17.1. The van der Waals surface area contributed by atoms with Gasteiger partial charge < -0.3 is 0 Å². The number of nitrogens with one attached hydrogen (secondary N) is 1. The summed E-state index contributed by atoms with van der Waals surface area (Å²) in [7, 11) is 0. The van der Waals surface area contributed by atoms with Gasteiger partial charge in [-0.2, -0.15) is 5.10 Å². The Morgan fingerprint density at radius 1 is 1.12 bits per heavy atom. The number of H-pyrrole nitrogens is 1. The molecule has 3 heterocycles. The number of halogens is 1. The third kappa shape index (κ3) is 3.75. The summed E-state index contributed by atoms with van der Waals surface area (Å²) in [6.45, 7) is 3.18. The number of likely N-dealkylation sites (tertiary alicyclic amines) is 1. The molecule has 1 aliphatic heterocycles. The number of aromatic nitrogens is 3. The molecule has 0 unspecified atom stereocenters. The van der Waals surface area contributed by atoms with E-state index in [0.29, 0.717) is 5.92 Å². The van der Waals surface area contributed by atoms with Crippen LogP contribution in [0.4, 0.5) is 0 Å². The van der Waals surface area contributed by atoms with E-state index in [0.717, 1.165) is 48.8 Å². The highest BCUT2D eigenvalue weighted by atomic mass is 35.5. The lowest BCUT2D eigenvalue weighted by atomic mass is 9.93. The summed E-state index contributed by atoms with van der Waals surface area (Å²) >= 11 is 6.28. The molecule has 3 aromatic rings. The van der Waals surface area contributed by atoms with Gasteiger partial charge in [-0.15, -0.1) is 0 Å². The van der Waals surface area contributed by atoms with Crippen LogP contribution in [0.2, 0.25) is 5.02 Å². The molecule has 128 valence electrons. The van der Waals surface area contributed by atoms with Crippen LogP contribution in [0, 0.1) is 0 Å². The van der Waals surface area contributed by atoms with E-state index in [4.69, 9.17) is 11.6 Å². The van der Waals surface area contributed by atoms with Crippen molar-refractivity contribution in [3.8, 4) is 11.3 Å². The molecule has 1 aromatic carbocycles. The number of piperidine rings is 1. The van der Waals surface area contributed by atoms with E-state index in [1.54, 1.807) is 0 Å². The van der Waals surface area contributed by atoms with Crippen molar-refractivity contribution in [2.24, 2.45) is 0 Å². The van der Waals surface area contributed by atoms with Crippen molar-refractivity contribution in [2.75, 3.05) is 13.1 Å². The first-order valence-corrected chi connectivity index (χ1v) is 9.09. The van der Waals surface area contributed by atoms with Crippen molar-refractivity contribution in [3.05, 3.63) is 71.1 Å². The Bertz CT molecular complexity index is 822. The Kier molecular flexibility index (Phi) is 4.81. The van der Waals surface area contributed by atoms with Gasteiger partial charge in [0, 0.05) is 36.1 Å². The summed E-state index contributed by atoms with van der Waals surface area (Å²) in [6, 6.07) is 14.2. The van der Waals surface area contributed by atoms with Crippen molar-refractivity contribution in [1.29, 1.82) is 0 Å². The van der Waals surface area contributed by atoms with E-state index in [1.807, 2.05) is 42.7 Å². The Labute approximate surface area is 152 Å². The topological polar surface area (TPSA) is 44.8 Å². The summed E-state index contributed by atoms with van der Waals surface area (Å²) < 4.78 is 0. The molecule has 4 nitrogen and oxygen atoms in total. The van der Waals surface area contributed by atoms with Crippen molar-refractivity contribution >= 4 is 11.6 Å². The highest BCUT2D eigenvalue weighted by Gasteiger charge is 2.22. The fraction of sp³-hybridized carbons (Fsp3) is 0.300. The maximum atomic E-state index is 6.28. The van der Waals surface area contributed by atoms with Crippen LogP contribution in [0.5, 0.6) is 0 Å².